The van der Waals surface area contributed by atoms with Gasteiger partial charge in [0.2, 0.25) is 10.0 Å². The second-order valence-electron chi connectivity index (χ2n) is 5.89. The third kappa shape index (κ3) is 3.63. The highest BCUT2D eigenvalue weighted by atomic mass is 32.2. The van der Waals surface area contributed by atoms with Crippen LogP contribution in [0.5, 0.6) is 0 Å². The van der Waals surface area contributed by atoms with Gasteiger partial charge in [0.1, 0.15) is 0 Å². The van der Waals surface area contributed by atoms with Crippen molar-refractivity contribution in [1.29, 1.82) is 0 Å². The molecular formula is C15H22N2O3S. The van der Waals surface area contributed by atoms with Crippen molar-refractivity contribution < 1.29 is 13.2 Å². The fraction of sp³-hybridized carbons (Fsp3) is 0.533. The van der Waals surface area contributed by atoms with Crippen LogP contribution in [0.1, 0.15) is 30.6 Å². The summed E-state index contributed by atoms with van der Waals surface area (Å²) in [6, 6.07) is 6.21. The number of piperidine rings is 1. The summed E-state index contributed by atoms with van der Waals surface area (Å²) in [6.45, 7) is 5.73. The van der Waals surface area contributed by atoms with Gasteiger partial charge in [-0.3, -0.25) is 4.79 Å². The van der Waals surface area contributed by atoms with E-state index >= 15 is 0 Å². The number of likely N-dealkylation sites (tertiary alicyclic amines) is 1. The summed E-state index contributed by atoms with van der Waals surface area (Å²) in [5.74, 6) is 0.852. The van der Waals surface area contributed by atoms with Crippen LogP contribution in [0.15, 0.2) is 29.2 Å². The highest BCUT2D eigenvalue weighted by molar-refractivity contribution is 7.89. The minimum Gasteiger partial charge on any atom is -0.338 e. The molecule has 0 aromatic heterocycles. The largest absolute Gasteiger partial charge is 0.338 e. The van der Waals surface area contributed by atoms with Crippen LogP contribution in [-0.2, 0) is 10.0 Å². The van der Waals surface area contributed by atoms with Crippen molar-refractivity contribution in [2.24, 2.45) is 11.8 Å². The molecule has 21 heavy (non-hydrogen) atoms. The average Bonchev–Trinajstić information content (AvgIpc) is 2.45. The number of benzene rings is 1. The van der Waals surface area contributed by atoms with Gasteiger partial charge in [-0.2, -0.15) is 0 Å². The van der Waals surface area contributed by atoms with E-state index < -0.39 is 10.0 Å². The summed E-state index contributed by atoms with van der Waals surface area (Å²) in [4.78, 5) is 14.5. The quantitative estimate of drug-likeness (QED) is 0.924. The molecule has 5 nitrogen and oxygen atoms in total. The van der Waals surface area contributed by atoms with Gasteiger partial charge in [-0.15, -0.1) is 0 Å². The predicted molar refractivity (Wildman–Crippen MR) is 81.5 cm³/mol. The average molecular weight is 310 g/mol. The molecule has 1 amide bonds. The lowest BCUT2D eigenvalue weighted by molar-refractivity contribution is 0.0623. The summed E-state index contributed by atoms with van der Waals surface area (Å²) in [6.07, 6.45) is 1.12. The molecule has 6 heteroatoms. The molecule has 0 bridgehead atoms. The van der Waals surface area contributed by atoms with Gasteiger partial charge < -0.3 is 4.90 Å². The Morgan fingerprint density at radius 3 is 2.43 bits per heavy atom. The number of nitrogens with one attached hydrogen (secondary N) is 1. The van der Waals surface area contributed by atoms with E-state index in [2.05, 4.69) is 18.6 Å². The van der Waals surface area contributed by atoms with E-state index in [9.17, 15) is 13.2 Å². The van der Waals surface area contributed by atoms with Crippen molar-refractivity contribution in [2.75, 3.05) is 20.1 Å². The van der Waals surface area contributed by atoms with E-state index in [0.717, 1.165) is 19.5 Å². The van der Waals surface area contributed by atoms with Crippen molar-refractivity contribution in [3.05, 3.63) is 29.8 Å². The first-order valence-electron chi connectivity index (χ1n) is 7.16. The highest BCUT2D eigenvalue weighted by Crippen LogP contribution is 2.23. The minimum absolute atomic E-state index is 0.0958. The normalized spacial score (nSPS) is 23.1. The summed E-state index contributed by atoms with van der Waals surface area (Å²) < 4.78 is 25.9. The number of hydrogen-bond donors (Lipinski definition) is 1. The number of nitrogens with zero attached hydrogens (tertiary/aromatic N) is 1. The van der Waals surface area contributed by atoms with Gasteiger partial charge in [0, 0.05) is 18.7 Å². The Morgan fingerprint density at radius 1 is 1.24 bits per heavy atom. The van der Waals surface area contributed by atoms with Crippen LogP contribution in [0, 0.1) is 11.8 Å². The third-order valence-electron chi connectivity index (χ3n) is 3.82. The van der Waals surface area contributed by atoms with Crippen LogP contribution >= 0.6 is 0 Å². The van der Waals surface area contributed by atoms with Crippen LogP contribution in [0.4, 0.5) is 0 Å². The first-order chi connectivity index (χ1) is 9.83. The summed E-state index contributed by atoms with van der Waals surface area (Å²) in [7, 11) is -2.17. The molecule has 116 valence electrons. The maximum atomic E-state index is 12.6. The third-order valence-corrected chi connectivity index (χ3v) is 5.23. The highest BCUT2D eigenvalue weighted by Gasteiger charge is 2.26. The predicted octanol–water partition coefficient (Wildman–Crippen LogP) is 1.71. The van der Waals surface area contributed by atoms with Crippen LogP contribution in [-0.4, -0.2) is 39.4 Å². The Hall–Kier alpha value is -1.40. The number of carbonyl (C=O) groups excluding carboxylic acids is 1. The van der Waals surface area contributed by atoms with Crippen LogP contribution < -0.4 is 4.72 Å². The Bertz CT molecular complexity index is 618. The first-order valence-corrected chi connectivity index (χ1v) is 8.64. The van der Waals surface area contributed by atoms with Crippen LogP contribution in [0.3, 0.4) is 0 Å². The standard InChI is InChI=1S/C15H22N2O3S/c1-11-7-12(2)10-17(9-11)15(18)13-5-4-6-14(8-13)21(19,20)16-3/h4-6,8,11-12,16H,7,9-10H2,1-3H3/t11-,12+. The fourth-order valence-electron chi connectivity index (χ4n) is 2.93. The smallest absolute Gasteiger partial charge is 0.253 e. The number of sulfonamides is 1. The van der Waals surface area contributed by atoms with Crippen molar-refractivity contribution in [3.8, 4) is 0 Å². The molecule has 0 aliphatic carbocycles. The van der Waals surface area contributed by atoms with Crippen molar-refractivity contribution in [1.82, 2.24) is 9.62 Å². The lowest BCUT2D eigenvalue weighted by Gasteiger charge is -2.35. The number of amides is 1. The molecule has 1 aromatic carbocycles. The zero-order valence-electron chi connectivity index (χ0n) is 12.7. The van der Waals surface area contributed by atoms with Gasteiger partial charge in [0.05, 0.1) is 4.90 Å². The van der Waals surface area contributed by atoms with Crippen molar-refractivity contribution in [2.45, 2.75) is 25.2 Å². The fourth-order valence-corrected chi connectivity index (χ4v) is 3.70. The summed E-state index contributed by atoms with van der Waals surface area (Å²) in [5, 5.41) is 0. The molecule has 1 saturated heterocycles. The number of carbonyl (C=O) groups is 1. The van der Waals surface area contributed by atoms with Gasteiger partial charge in [0.15, 0.2) is 0 Å². The molecule has 0 saturated carbocycles. The van der Waals surface area contributed by atoms with Gasteiger partial charge in [-0.1, -0.05) is 19.9 Å². The van der Waals surface area contributed by atoms with Crippen LogP contribution in [0.2, 0.25) is 0 Å². The van der Waals surface area contributed by atoms with Crippen molar-refractivity contribution in [3.63, 3.8) is 0 Å². The van der Waals surface area contributed by atoms with Gasteiger partial charge in [-0.05, 0) is 43.5 Å². The van der Waals surface area contributed by atoms with E-state index in [-0.39, 0.29) is 10.8 Å². The summed E-state index contributed by atoms with van der Waals surface area (Å²) in [5.41, 5.74) is 0.424. The molecule has 1 fully saturated rings. The second kappa shape index (κ2) is 6.15. The van der Waals surface area contributed by atoms with Gasteiger partial charge >= 0.3 is 0 Å². The number of hydrogen-bond acceptors (Lipinski definition) is 3. The Morgan fingerprint density at radius 2 is 1.86 bits per heavy atom. The van der Waals surface area contributed by atoms with Crippen molar-refractivity contribution >= 4 is 15.9 Å². The van der Waals surface area contributed by atoms with E-state index in [1.807, 2.05) is 4.90 Å². The number of rotatable bonds is 3. The van der Waals surface area contributed by atoms with Gasteiger partial charge in [0.25, 0.3) is 5.91 Å². The monoisotopic (exact) mass is 310 g/mol. The topological polar surface area (TPSA) is 66.5 Å². The van der Waals surface area contributed by atoms with E-state index in [1.165, 1.54) is 19.2 Å². The molecule has 0 spiro atoms. The van der Waals surface area contributed by atoms with E-state index in [1.54, 1.807) is 12.1 Å². The Balaban J connectivity index is 2.26. The van der Waals surface area contributed by atoms with E-state index in [4.69, 9.17) is 0 Å². The Labute approximate surface area is 126 Å². The molecule has 2 atom stereocenters. The van der Waals surface area contributed by atoms with Gasteiger partial charge in [-0.25, -0.2) is 13.1 Å². The molecule has 0 unspecified atom stereocenters. The molecule has 1 N–H and O–H groups in total. The molecule has 1 heterocycles. The minimum atomic E-state index is -3.53. The second-order valence-corrected chi connectivity index (χ2v) is 7.78. The zero-order valence-corrected chi connectivity index (χ0v) is 13.5. The first kappa shape index (κ1) is 16.0. The zero-order chi connectivity index (χ0) is 15.6. The maximum Gasteiger partial charge on any atom is 0.253 e. The lowest BCUT2D eigenvalue weighted by atomic mass is 9.91. The molecule has 1 aliphatic rings. The lowest BCUT2D eigenvalue weighted by Crippen LogP contribution is -2.42. The maximum absolute atomic E-state index is 12.6. The van der Waals surface area contributed by atoms with E-state index in [0.29, 0.717) is 17.4 Å². The molecule has 0 radical (unpaired) electrons. The molecule has 2 rings (SSSR count). The Kier molecular flexibility index (Phi) is 4.68. The molecular weight excluding hydrogens is 288 g/mol. The molecule has 1 aliphatic heterocycles. The van der Waals surface area contributed by atoms with Crippen LogP contribution in [0.25, 0.3) is 0 Å². The SMILES string of the molecule is CNS(=O)(=O)c1cccc(C(=O)N2C[C@H](C)C[C@H](C)C2)c1. The summed E-state index contributed by atoms with van der Waals surface area (Å²) >= 11 is 0. The molecule has 1 aromatic rings.